The third-order valence-corrected chi connectivity index (χ3v) is 5.45. The first-order chi connectivity index (χ1) is 14.0. The number of hydrogen-bond acceptors (Lipinski definition) is 4. The van der Waals surface area contributed by atoms with Gasteiger partial charge in [0.05, 0.1) is 24.1 Å². The van der Waals surface area contributed by atoms with Crippen molar-refractivity contribution in [2.24, 2.45) is 5.16 Å². The lowest BCUT2D eigenvalue weighted by molar-refractivity contribution is -0.125. The van der Waals surface area contributed by atoms with Crippen molar-refractivity contribution in [3.8, 4) is 0 Å². The van der Waals surface area contributed by atoms with Crippen molar-refractivity contribution in [3.05, 3.63) is 80.5 Å². The predicted molar refractivity (Wildman–Crippen MR) is 117 cm³/mol. The molecule has 4 rings (SSSR count). The van der Waals surface area contributed by atoms with Gasteiger partial charge in [0, 0.05) is 32.7 Å². The molecule has 2 aromatic carbocycles. The number of anilines is 1. The molecule has 148 valence electrons. The lowest BCUT2D eigenvalue weighted by Gasteiger charge is -2.08. The lowest BCUT2D eigenvalue weighted by atomic mass is 10.0. The predicted octanol–water partition coefficient (Wildman–Crippen LogP) is 5.13. The number of hydrogen-bond donors (Lipinski definition) is 1. The van der Waals surface area contributed by atoms with Crippen LogP contribution in [-0.4, -0.2) is 27.5 Å². The molecule has 1 amide bonds. The zero-order chi connectivity index (χ0) is 20.4. The van der Waals surface area contributed by atoms with E-state index in [9.17, 15) is 4.79 Å². The Morgan fingerprint density at radius 2 is 2.14 bits per heavy atom. The maximum atomic E-state index is 12.5. The van der Waals surface area contributed by atoms with E-state index < -0.39 is 6.10 Å². The molecule has 1 N–H and O–H groups in total. The van der Waals surface area contributed by atoms with Crippen LogP contribution in [0.15, 0.2) is 64.5 Å². The van der Waals surface area contributed by atoms with Crippen LogP contribution in [-0.2, 0) is 16.2 Å². The number of benzene rings is 2. The second kappa shape index (κ2) is 8.57. The number of carbonyl (C=O) groups excluding carboxylic acids is 1. The van der Waals surface area contributed by atoms with E-state index in [1.54, 1.807) is 29.2 Å². The van der Waals surface area contributed by atoms with Gasteiger partial charge in [-0.3, -0.25) is 9.48 Å². The number of rotatable bonds is 5. The molecule has 3 aromatic rings. The summed E-state index contributed by atoms with van der Waals surface area (Å²) in [7, 11) is 0. The fraction of sp³-hybridized carbons (Fsp3) is 0.150. The van der Waals surface area contributed by atoms with Gasteiger partial charge in [0.15, 0.2) is 0 Å². The van der Waals surface area contributed by atoms with Crippen LogP contribution in [0.3, 0.4) is 0 Å². The summed E-state index contributed by atoms with van der Waals surface area (Å²) in [6.07, 6.45) is 3.02. The number of aromatic nitrogens is 2. The highest BCUT2D eigenvalue weighted by molar-refractivity contribution is 9.10. The molecule has 1 atom stereocenters. The molecule has 1 aliphatic rings. The Balaban J connectivity index is 1.36. The van der Waals surface area contributed by atoms with Gasteiger partial charge in [-0.1, -0.05) is 62.5 Å². The molecule has 0 radical (unpaired) electrons. The first-order valence-electron chi connectivity index (χ1n) is 8.74. The summed E-state index contributed by atoms with van der Waals surface area (Å²) in [6.45, 7) is 0.460. The molecule has 0 unspecified atom stereocenters. The molecule has 0 fully saturated rings. The Kier molecular flexibility index (Phi) is 5.89. The number of carbonyl (C=O) groups is 1. The number of amides is 1. The minimum atomic E-state index is -0.682. The lowest BCUT2D eigenvalue weighted by Crippen LogP contribution is -2.27. The standard InChI is InChI=1S/C20H15BrCl2N4O2/c21-14-3-1-2-12(6-14)18-8-19(29-26-18)20(28)25-16-9-24-27(11-16)10-13-4-5-15(22)7-17(13)23/h1-7,9,11,19H,8,10H2,(H,25,28)/t19-/m0/s1. The van der Waals surface area contributed by atoms with E-state index >= 15 is 0 Å². The molecular formula is C20H15BrCl2N4O2. The van der Waals surface area contributed by atoms with E-state index in [1.807, 2.05) is 30.3 Å². The smallest absolute Gasteiger partial charge is 0.268 e. The van der Waals surface area contributed by atoms with Crippen LogP contribution in [0.1, 0.15) is 17.5 Å². The number of oxime groups is 1. The summed E-state index contributed by atoms with van der Waals surface area (Å²) in [5.74, 6) is -0.275. The summed E-state index contributed by atoms with van der Waals surface area (Å²) >= 11 is 15.6. The zero-order valence-electron chi connectivity index (χ0n) is 15.0. The van der Waals surface area contributed by atoms with E-state index in [0.29, 0.717) is 28.7 Å². The second-order valence-electron chi connectivity index (χ2n) is 6.50. The van der Waals surface area contributed by atoms with Gasteiger partial charge < -0.3 is 10.2 Å². The first-order valence-corrected chi connectivity index (χ1v) is 10.3. The Hall–Kier alpha value is -2.35. The van der Waals surface area contributed by atoms with E-state index in [0.717, 1.165) is 21.3 Å². The number of nitrogens with one attached hydrogen (secondary N) is 1. The van der Waals surface area contributed by atoms with Crippen molar-refractivity contribution in [1.29, 1.82) is 0 Å². The third kappa shape index (κ3) is 4.80. The van der Waals surface area contributed by atoms with Crippen molar-refractivity contribution in [3.63, 3.8) is 0 Å². The summed E-state index contributed by atoms with van der Waals surface area (Å²) in [6, 6.07) is 13.0. The van der Waals surface area contributed by atoms with Crippen molar-refractivity contribution in [1.82, 2.24) is 9.78 Å². The molecule has 1 aromatic heterocycles. The van der Waals surface area contributed by atoms with Crippen molar-refractivity contribution < 1.29 is 9.63 Å². The molecule has 0 spiro atoms. The molecule has 1 aliphatic heterocycles. The fourth-order valence-electron chi connectivity index (χ4n) is 2.92. The molecular weight excluding hydrogens is 479 g/mol. The van der Waals surface area contributed by atoms with Crippen LogP contribution in [0, 0.1) is 0 Å². The number of halogens is 3. The van der Waals surface area contributed by atoms with Gasteiger partial charge in [0.2, 0.25) is 6.10 Å². The normalized spacial score (nSPS) is 15.7. The highest BCUT2D eigenvalue weighted by Crippen LogP contribution is 2.23. The van der Waals surface area contributed by atoms with Crippen LogP contribution in [0.4, 0.5) is 5.69 Å². The maximum Gasteiger partial charge on any atom is 0.268 e. The monoisotopic (exact) mass is 492 g/mol. The number of nitrogens with zero attached hydrogens (tertiary/aromatic N) is 3. The molecule has 6 nitrogen and oxygen atoms in total. The minimum Gasteiger partial charge on any atom is -0.382 e. The molecule has 0 aliphatic carbocycles. The quantitative estimate of drug-likeness (QED) is 0.535. The van der Waals surface area contributed by atoms with Gasteiger partial charge in [-0.05, 0) is 29.8 Å². The SMILES string of the molecule is O=C(Nc1cnn(Cc2ccc(Cl)cc2Cl)c1)[C@@H]1CC(c2cccc(Br)c2)=NO1. The van der Waals surface area contributed by atoms with Gasteiger partial charge in [0.1, 0.15) is 0 Å². The molecule has 0 bridgehead atoms. The summed E-state index contributed by atoms with van der Waals surface area (Å²) in [5.41, 5.74) is 3.10. The Labute approximate surface area is 185 Å². The van der Waals surface area contributed by atoms with Crippen molar-refractivity contribution >= 4 is 56.4 Å². The van der Waals surface area contributed by atoms with Crippen LogP contribution < -0.4 is 5.32 Å². The first kappa shape index (κ1) is 19.9. The highest BCUT2D eigenvalue weighted by atomic mass is 79.9. The molecule has 2 heterocycles. The molecule has 0 saturated heterocycles. The van der Waals surface area contributed by atoms with E-state index in [2.05, 4.69) is 31.5 Å². The zero-order valence-corrected chi connectivity index (χ0v) is 18.1. The van der Waals surface area contributed by atoms with Crippen molar-refractivity contribution in [2.45, 2.75) is 19.1 Å². The van der Waals surface area contributed by atoms with Gasteiger partial charge in [-0.15, -0.1) is 0 Å². The van der Waals surface area contributed by atoms with Crippen LogP contribution in [0.25, 0.3) is 0 Å². The average Bonchev–Trinajstić information content (AvgIpc) is 3.34. The topological polar surface area (TPSA) is 68.5 Å². The van der Waals surface area contributed by atoms with Gasteiger partial charge >= 0.3 is 0 Å². The van der Waals surface area contributed by atoms with E-state index in [4.69, 9.17) is 28.0 Å². The molecule has 0 saturated carbocycles. The second-order valence-corrected chi connectivity index (χ2v) is 8.26. The maximum absolute atomic E-state index is 12.5. The van der Waals surface area contributed by atoms with Crippen LogP contribution in [0.5, 0.6) is 0 Å². The average molecular weight is 494 g/mol. The fourth-order valence-corrected chi connectivity index (χ4v) is 3.79. The van der Waals surface area contributed by atoms with Crippen molar-refractivity contribution in [2.75, 3.05) is 5.32 Å². The molecule has 29 heavy (non-hydrogen) atoms. The molecule has 9 heteroatoms. The van der Waals surface area contributed by atoms with E-state index in [-0.39, 0.29) is 5.91 Å². The van der Waals surface area contributed by atoms with Crippen LogP contribution >= 0.6 is 39.1 Å². The van der Waals surface area contributed by atoms with Gasteiger partial charge in [-0.25, -0.2) is 0 Å². The van der Waals surface area contributed by atoms with E-state index in [1.165, 1.54) is 0 Å². The van der Waals surface area contributed by atoms with Gasteiger partial charge in [-0.2, -0.15) is 5.10 Å². The Bertz CT molecular complexity index is 1100. The Morgan fingerprint density at radius 1 is 1.28 bits per heavy atom. The highest BCUT2D eigenvalue weighted by Gasteiger charge is 2.29. The third-order valence-electron chi connectivity index (χ3n) is 4.37. The summed E-state index contributed by atoms with van der Waals surface area (Å²) in [4.78, 5) is 17.9. The summed E-state index contributed by atoms with van der Waals surface area (Å²) < 4.78 is 2.63. The minimum absolute atomic E-state index is 0.275. The largest absolute Gasteiger partial charge is 0.382 e. The Morgan fingerprint density at radius 3 is 2.93 bits per heavy atom. The van der Waals surface area contributed by atoms with Crippen LogP contribution in [0.2, 0.25) is 10.0 Å². The summed E-state index contributed by atoms with van der Waals surface area (Å²) in [5, 5.41) is 12.3. The van der Waals surface area contributed by atoms with Gasteiger partial charge in [0.25, 0.3) is 5.91 Å².